The number of aliphatic carboxylic acids is 1. The lowest BCUT2D eigenvalue weighted by molar-refractivity contribution is -0.173. The number of carboxylic acid groups (broad SMARTS) is 1. The van der Waals surface area contributed by atoms with Crippen LogP contribution in [0.4, 0.5) is 14.4 Å². The van der Waals surface area contributed by atoms with E-state index >= 15 is 0 Å². The van der Waals surface area contributed by atoms with Gasteiger partial charge in [-0.05, 0) is 48.0 Å². The van der Waals surface area contributed by atoms with Gasteiger partial charge in [0.05, 0.1) is 30.4 Å². The monoisotopic (exact) mass is 588 g/mol. The predicted molar refractivity (Wildman–Crippen MR) is 128 cm³/mol. The summed E-state index contributed by atoms with van der Waals surface area (Å²) >= 11 is 0. The number of esters is 1. The number of rotatable bonds is 17. The minimum atomic E-state index is -4.45. The number of ether oxygens (including phenoxy) is 7. The summed E-state index contributed by atoms with van der Waals surface area (Å²) in [7, 11) is -4.45. The molecular formula is C22H37O16P. The zero-order chi connectivity index (χ0) is 30.2. The molecule has 1 N–H and O–H groups in total. The SMILES string of the molecule is CC(C)OC(=O)OCOP(=O)(CC(CCC(=O)O)C(=O)OC(C)OC(=O)OC(C)C)OCOC(=O)OC(C)C. The molecule has 17 heteroatoms. The van der Waals surface area contributed by atoms with E-state index in [0.717, 1.165) is 0 Å². The van der Waals surface area contributed by atoms with Crippen LogP contribution in [0.2, 0.25) is 0 Å². The zero-order valence-corrected chi connectivity index (χ0v) is 23.8. The zero-order valence-electron chi connectivity index (χ0n) is 22.9. The highest BCUT2D eigenvalue weighted by Crippen LogP contribution is 2.50. The van der Waals surface area contributed by atoms with Gasteiger partial charge in [0, 0.05) is 13.3 Å². The Bertz CT molecular complexity index is 823. The summed E-state index contributed by atoms with van der Waals surface area (Å²) in [6.45, 7) is 8.62. The number of carboxylic acids is 1. The molecule has 0 aliphatic carbocycles. The van der Waals surface area contributed by atoms with E-state index in [1.165, 1.54) is 6.92 Å². The molecule has 0 saturated carbocycles. The quantitative estimate of drug-likeness (QED) is 0.109. The Labute approximate surface area is 225 Å². The predicted octanol–water partition coefficient (Wildman–Crippen LogP) is 4.18. The van der Waals surface area contributed by atoms with Gasteiger partial charge in [-0.15, -0.1) is 0 Å². The van der Waals surface area contributed by atoms with E-state index < -0.39 is 101 Å². The molecule has 39 heavy (non-hydrogen) atoms. The fourth-order valence-electron chi connectivity index (χ4n) is 2.40. The van der Waals surface area contributed by atoms with Crippen LogP contribution < -0.4 is 0 Å². The first kappa shape index (κ1) is 35.9. The van der Waals surface area contributed by atoms with Gasteiger partial charge in [-0.2, -0.15) is 0 Å². The number of hydrogen-bond donors (Lipinski definition) is 1. The largest absolute Gasteiger partial charge is 0.511 e. The second kappa shape index (κ2) is 18.2. The lowest BCUT2D eigenvalue weighted by Crippen LogP contribution is -2.30. The van der Waals surface area contributed by atoms with Crippen molar-refractivity contribution in [2.45, 2.75) is 85.9 Å². The maximum absolute atomic E-state index is 13.4. The molecular weight excluding hydrogens is 551 g/mol. The summed E-state index contributed by atoms with van der Waals surface area (Å²) in [6, 6.07) is 0. The van der Waals surface area contributed by atoms with Crippen LogP contribution in [-0.4, -0.2) is 79.9 Å². The van der Waals surface area contributed by atoms with Crippen molar-refractivity contribution < 1.29 is 75.8 Å². The molecule has 0 amide bonds. The molecule has 0 aliphatic heterocycles. The van der Waals surface area contributed by atoms with Crippen molar-refractivity contribution in [3.8, 4) is 0 Å². The molecule has 0 heterocycles. The molecule has 0 radical (unpaired) electrons. The third-order valence-electron chi connectivity index (χ3n) is 3.88. The lowest BCUT2D eigenvalue weighted by atomic mass is 10.1. The number of carbonyl (C=O) groups is 5. The van der Waals surface area contributed by atoms with Crippen molar-refractivity contribution in [3.05, 3.63) is 0 Å². The highest BCUT2D eigenvalue weighted by atomic mass is 31.2. The van der Waals surface area contributed by atoms with Gasteiger partial charge in [0.15, 0.2) is 0 Å². The Morgan fingerprint density at radius 1 is 0.667 bits per heavy atom. The van der Waals surface area contributed by atoms with Crippen LogP contribution in [0.15, 0.2) is 0 Å². The summed E-state index contributed by atoms with van der Waals surface area (Å²) in [5.74, 6) is -3.84. The Kier molecular flexibility index (Phi) is 16.8. The molecule has 0 fully saturated rings. The molecule has 0 aromatic carbocycles. The van der Waals surface area contributed by atoms with Gasteiger partial charge in [0.1, 0.15) is 0 Å². The summed E-state index contributed by atoms with van der Waals surface area (Å²) in [6.07, 6.45) is -8.22. The van der Waals surface area contributed by atoms with Crippen molar-refractivity contribution >= 4 is 38.0 Å². The number of carbonyl (C=O) groups excluding carboxylic acids is 4. The minimum Gasteiger partial charge on any atom is -0.481 e. The topological polar surface area (TPSA) is 206 Å². The van der Waals surface area contributed by atoms with Crippen LogP contribution in [0.25, 0.3) is 0 Å². The van der Waals surface area contributed by atoms with Crippen molar-refractivity contribution in [3.63, 3.8) is 0 Å². The molecule has 0 aliphatic rings. The second-order valence-electron chi connectivity index (χ2n) is 8.58. The van der Waals surface area contributed by atoms with E-state index in [9.17, 15) is 28.5 Å². The maximum Gasteiger partial charge on any atom is 0.511 e. The average molecular weight is 588 g/mol. The van der Waals surface area contributed by atoms with E-state index in [1.807, 2.05) is 0 Å². The van der Waals surface area contributed by atoms with Crippen molar-refractivity contribution in [1.29, 1.82) is 0 Å². The fourth-order valence-corrected chi connectivity index (χ4v) is 3.98. The molecule has 0 aromatic heterocycles. The van der Waals surface area contributed by atoms with Crippen molar-refractivity contribution in [1.82, 2.24) is 0 Å². The van der Waals surface area contributed by atoms with Crippen LogP contribution in [0.5, 0.6) is 0 Å². The molecule has 0 saturated heterocycles. The van der Waals surface area contributed by atoms with E-state index in [0.29, 0.717) is 0 Å². The summed E-state index contributed by atoms with van der Waals surface area (Å²) in [5.41, 5.74) is 0. The van der Waals surface area contributed by atoms with Crippen LogP contribution in [0.1, 0.15) is 61.3 Å². The van der Waals surface area contributed by atoms with Gasteiger partial charge in [0.2, 0.25) is 19.9 Å². The first-order valence-electron chi connectivity index (χ1n) is 11.9. The Balaban J connectivity index is 5.56. The molecule has 0 bridgehead atoms. The highest BCUT2D eigenvalue weighted by molar-refractivity contribution is 7.53. The first-order chi connectivity index (χ1) is 18.0. The molecule has 2 unspecified atom stereocenters. The highest BCUT2D eigenvalue weighted by Gasteiger charge is 2.36. The van der Waals surface area contributed by atoms with E-state index in [4.69, 9.17) is 37.8 Å². The van der Waals surface area contributed by atoms with Gasteiger partial charge in [-0.25, -0.2) is 14.4 Å². The summed E-state index contributed by atoms with van der Waals surface area (Å²) < 4.78 is 56.9. The molecule has 0 spiro atoms. The average Bonchev–Trinajstić information content (AvgIpc) is 2.74. The molecule has 0 aromatic rings. The fraction of sp³-hybridized carbons (Fsp3) is 0.773. The van der Waals surface area contributed by atoms with Crippen LogP contribution in [0, 0.1) is 5.92 Å². The molecule has 0 rings (SSSR count). The van der Waals surface area contributed by atoms with Crippen LogP contribution in [-0.2, 0) is 56.4 Å². The van der Waals surface area contributed by atoms with Gasteiger partial charge in [0.25, 0.3) is 0 Å². The lowest BCUT2D eigenvalue weighted by Gasteiger charge is -2.23. The standard InChI is InChI=1S/C22H37O16P/c1-13(2)34-20(26)30-11-32-39(29,33-12-31-21(27)35-14(3)4)10-17(8-9-18(23)24)19(25)37-16(7)38-22(28)36-15(5)6/h13-17H,8-12H2,1-7H3,(H,23,24). The van der Waals surface area contributed by atoms with Crippen molar-refractivity contribution in [2.75, 3.05) is 19.7 Å². The third kappa shape index (κ3) is 18.7. The summed E-state index contributed by atoms with van der Waals surface area (Å²) in [4.78, 5) is 58.7. The van der Waals surface area contributed by atoms with E-state index in [2.05, 4.69) is 9.47 Å². The normalized spacial score (nSPS) is 12.9. The summed E-state index contributed by atoms with van der Waals surface area (Å²) in [5, 5.41) is 9.06. The first-order valence-corrected chi connectivity index (χ1v) is 13.6. The van der Waals surface area contributed by atoms with Gasteiger partial charge in [-0.1, -0.05) is 0 Å². The van der Waals surface area contributed by atoms with Crippen LogP contribution >= 0.6 is 7.60 Å². The molecule has 16 nitrogen and oxygen atoms in total. The third-order valence-corrected chi connectivity index (χ3v) is 5.76. The Hall–Kier alpha value is -3.10. The van der Waals surface area contributed by atoms with Gasteiger partial charge >= 0.3 is 38.0 Å². The van der Waals surface area contributed by atoms with Gasteiger partial charge < -0.3 is 38.3 Å². The van der Waals surface area contributed by atoms with E-state index in [-0.39, 0.29) is 0 Å². The minimum absolute atomic E-state index is 0.402. The maximum atomic E-state index is 13.4. The van der Waals surface area contributed by atoms with Crippen molar-refractivity contribution in [2.24, 2.45) is 5.92 Å². The molecule has 2 atom stereocenters. The second-order valence-corrected chi connectivity index (χ2v) is 10.7. The van der Waals surface area contributed by atoms with E-state index in [1.54, 1.807) is 41.5 Å². The molecule has 226 valence electrons. The smallest absolute Gasteiger partial charge is 0.481 e. The number of hydrogen-bond acceptors (Lipinski definition) is 15. The Morgan fingerprint density at radius 3 is 1.51 bits per heavy atom. The van der Waals surface area contributed by atoms with Crippen LogP contribution in [0.3, 0.4) is 0 Å². The Morgan fingerprint density at radius 2 is 1.10 bits per heavy atom. The van der Waals surface area contributed by atoms with Gasteiger partial charge in [-0.3, -0.25) is 23.2 Å².